The van der Waals surface area contributed by atoms with E-state index in [-0.39, 0.29) is 12.5 Å². The van der Waals surface area contributed by atoms with Crippen LogP contribution in [0.15, 0.2) is 48.7 Å². The van der Waals surface area contributed by atoms with Crippen molar-refractivity contribution in [1.82, 2.24) is 20.3 Å². The number of carbonyl (C=O) groups is 1. The molecule has 156 valence electrons. The Bertz CT molecular complexity index is 997. The largest absolute Gasteiger partial charge is 0.484 e. The zero-order chi connectivity index (χ0) is 21.3. The van der Waals surface area contributed by atoms with E-state index >= 15 is 0 Å². The van der Waals surface area contributed by atoms with E-state index in [2.05, 4.69) is 30.9 Å². The summed E-state index contributed by atoms with van der Waals surface area (Å²) < 4.78 is 5.41. The van der Waals surface area contributed by atoms with Gasteiger partial charge in [-0.1, -0.05) is 11.6 Å². The van der Waals surface area contributed by atoms with E-state index in [1.54, 1.807) is 36.5 Å². The predicted molar refractivity (Wildman–Crippen MR) is 117 cm³/mol. The van der Waals surface area contributed by atoms with Gasteiger partial charge < -0.3 is 20.7 Å². The summed E-state index contributed by atoms with van der Waals surface area (Å²) in [5, 5.41) is 9.76. The molecule has 30 heavy (non-hydrogen) atoms. The molecule has 0 radical (unpaired) electrons. The molecule has 0 saturated heterocycles. The number of halogens is 1. The molecule has 3 rings (SSSR count). The van der Waals surface area contributed by atoms with Gasteiger partial charge in [-0.25, -0.2) is 15.0 Å². The summed E-state index contributed by atoms with van der Waals surface area (Å²) in [7, 11) is 0. The fraction of sp³-hybridized carbons (Fsp3) is 0.238. The first kappa shape index (κ1) is 21.3. The van der Waals surface area contributed by atoms with Crippen LogP contribution in [0, 0.1) is 13.8 Å². The van der Waals surface area contributed by atoms with Gasteiger partial charge in [0.1, 0.15) is 29.0 Å². The topological polar surface area (TPSA) is 101 Å². The number of anilines is 3. The minimum Gasteiger partial charge on any atom is -0.484 e. The molecule has 1 aromatic carbocycles. The molecule has 2 aromatic heterocycles. The summed E-state index contributed by atoms with van der Waals surface area (Å²) in [5.41, 5.74) is 1.10. The lowest BCUT2D eigenvalue weighted by Gasteiger charge is -2.11. The quantitative estimate of drug-likeness (QED) is 0.450. The Morgan fingerprint density at radius 3 is 2.53 bits per heavy atom. The van der Waals surface area contributed by atoms with E-state index < -0.39 is 0 Å². The Hall–Kier alpha value is -3.39. The maximum atomic E-state index is 11.9. The van der Waals surface area contributed by atoms with Crippen LogP contribution in [0.5, 0.6) is 5.75 Å². The van der Waals surface area contributed by atoms with Gasteiger partial charge in [0.05, 0.1) is 0 Å². The maximum Gasteiger partial charge on any atom is 0.258 e. The van der Waals surface area contributed by atoms with Crippen molar-refractivity contribution in [3.8, 4) is 5.75 Å². The van der Waals surface area contributed by atoms with Crippen LogP contribution in [-0.4, -0.2) is 40.6 Å². The number of pyridine rings is 1. The van der Waals surface area contributed by atoms with Crippen molar-refractivity contribution >= 4 is 35.0 Å². The van der Waals surface area contributed by atoms with E-state index in [1.807, 2.05) is 26.0 Å². The highest BCUT2D eigenvalue weighted by atomic mass is 35.5. The molecule has 0 bridgehead atoms. The molecule has 1 amide bonds. The molecule has 0 fully saturated rings. The summed E-state index contributed by atoms with van der Waals surface area (Å²) in [5.74, 6) is 3.01. The molecule has 9 heteroatoms. The fourth-order valence-corrected chi connectivity index (χ4v) is 2.71. The zero-order valence-electron chi connectivity index (χ0n) is 16.8. The van der Waals surface area contributed by atoms with Crippen LogP contribution in [0.4, 0.5) is 17.5 Å². The van der Waals surface area contributed by atoms with Crippen LogP contribution < -0.4 is 20.7 Å². The molecule has 8 nitrogen and oxygen atoms in total. The standard InChI is InChI=1S/C21H23ClN6O2/c1-14-7-8-23-18(11-14)28-20-12-19(26-15(2)27-20)24-9-10-25-21(29)13-30-17-5-3-16(22)4-6-17/h3-8,11-12H,9-10,13H2,1-2H3,(H,25,29)(H2,23,24,26,27,28). The van der Waals surface area contributed by atoms with Gasteiger partial charge in [0.15, 0.2) is 6.61 Å². The van der Waals surface area contributed by atoms with E-state index in [4.69, 9.17) is 16.3 Å². The minimum atomic E-state index is -0.210. The molecule has 2 heterocycles. The Labute approximate surface area is 180 Å². The fourth-order valence-electron chi connectivity index (χ4n) is 2.58. The SMILES string of the molecule is Cc1ccnc(Nc2cc(NCCNC(=O)COc3ccc(Cl)cc3)nc(C)n2)c1. The van der Waals surface area contributed by atoms with Gasteiger partial charge >= 0.3 is 0 Å². The normalized spacial score (nSPS) is 10.4. The number of nitrogens with one attached hydrogen (secondary N) is 3. The van der Waals surface area contributed by atoms with Crippen molar-refractivity contribution in [3.63, 3.8) is 0 Å². The van der Waals surface area contributed by atoms with Gasteiger partial charge in [-0.15, -0.1) is 0 Å². The Morgan fingerprint density at radius 1 is 1.00 bits per heavy atom. The van der Waals surface area contributed by atoms with Crippen molar-refractivity contribution in [2.45, 2.75) is 13.8 Å². The first-order chi connectivity index (χ1) is 14.5. The lowest BCUT2D eigenvalue weighted by Crippen LogP contribution is -2.32. The molecular formula is C21H23ClN6O2. The van der Waals surface area contributed by atoms with Crippen LogP contribution in [-0.2, 0) is 4.79 Å². The van der Waals surface area contributed by atoms with Crippen LogP contribution in [0.1, 0.15) is 11.4 Å². The highest BCUT2D eigenvalue weighted by molar-refractivity contribution is 6.30. The number of carbonyl (C=O) groups excluding carboxylic acids is 1. The third kappa shape index (κ3) is 6.89. The van der Waals surface area contributed by atoms with E-state index in [9.17, 15) is 4.79 Å². The minimum absolute atomic E-state index is 0.0637. The molecule has 0 atom stereocenters. The highest BCUT2D eigenvalue weighted by Gasteiger charge is 2.05. The van der Waals surface area contributed by atoms with Crippen LogP contribution in [0.3, 0.4) is 0 Å². The van der Waals surface area contributed by atoms with Crippen LogP contribution in [0.25, 0.3) is 0 Å². The number of rotatable bonds is 9. The van der Waals surface area contributed by atoms with Crippen molar-refractivity contribution in [2.75, 3.05) is 30.3 Å². The van der Waals surface area contributed by atoms with Crippen molar-refractivity contribution in [3.05, 3.63) is 65.1 Å². The number of nitrogens with zero attached hydrogens (tertiary/aromatic N) is 3. The Balaban J connectivity index is 1.43. The lowest BCUT2D eigenvalue weighted by atomic mass is 10.3. The molecule has 0 aliphatic rings. The number of amides is 1. The Kier molecular flexibility index (Phi) is 7.40. The average molecular weight is 427 g/mol. The molecule has 0 saturated carbocycles. The van der Waals surface area contributed by atoms with Gasteiger partial charge in [-0.05, 0) is 55.8 Å². The van der Waals surface area contributed by atoms with Crippen molar-refractivity contribution in [1.29, 1.82) is 0 Å². The summed E-state index contributed by atoms with van der Waals surface area (Å²) in [4.78, 5) is 24.9. The average Bonchev–Trinajstić information content (AvgIpc) is 2.70. The molecule has 0 aliphatic carbocycles. The number of ether oxygens (including phenoxy) is 1. The van der Waals surface area contributed by atoms with Gasteiger partial charge in [0.2, 0.25) is 0 Å². The first-order valence-electron chi connectivity index (χ1n) is 9.42. The molecule has 3 N–H and O–H groups in total. The molecule has 0 aliphatic heterocycles. The first-order valence-corrected chi connectivity index (χ1v) is 9.80. The Morgan fingerprint density at radius 2 is 1.77 bits per heavy atom. The van der Waals surface area contributed by atoms with Crippen LogP contribution >= 0.6 is 11.6 Å². The third-order valence-electron chi connectivity index (χ3n) is 3.95. The summed E-state index contributed by atoms with van der Waals surface area (Å²) in [6, 6.07) is 12.5. The summed E-state index contributed by atoms with van der Waals surface area (Å²) in [6.07, 6.45) is 1.74. The number of hydrogen-bond acceptors (Lipinski definition) is 7. The summed E-state index contributed by atoms with van der Waals surface area (Å²) >= 11 is 5.82. The van der Waals surface area contributed by atoms with Gasteiger partial charge in [-0.2, -0.15) is 0 Å². The van der Waals surface area contributed by atoms with Gasteiger partial charge in [-0.3, -0.25) is 4.79 Å². The van der Waals surface area contributed by atoms with Crippen molar-refractivity contribution < 1.29 is 9.53 Å². The molecule has 0 spiro atoms. The monoisotopic (exact) mass is 426 g/mol. The van der Waals surface area contributed by atoms with E-state index in [0.29, 0.717) is 47.1 Å². The summed E-state index contributed by atoms with van der Waals surface area (Å²) in [6.45, 7) is 4.68. The molecule has 3 aromatic rings. The predicted octanol–water partition coefficient (Wildman–Crippen LogP) is 3.49. The number of aryl methyl sites for hydroxylation is 2. The van der Waals surface area contributed by atoms with E-state index in [0.717, 1.165) is 5.56 Å². The zero-order valence-corrected chi connectivity index (χ0v) is 17.5. The molecular weight excluding hydrogens is 404 g/mol. The second-order valence-corrected chi connectivity index (χ2v) is 6.98. The van der Waals surface area contributed by atoms with Crippen molar-refractivity contribution in [2.24, 2.45) is 0 Å². The van der Waals surface area contributed by atoms with Gasteiger partial charge in [0.25, 0.3) is 5.91 Å². The number of aromatic nitrogens is 3. The third-order valence-corrected chi connectivity index (χ3v) is 4.20. The number of hydrogen-bond donors (Lipinski definition) is 3. The highest BCUT2D eigenvalue weighted by Crippen LogP contribution is 2.17. The number of benzene rings is 1. The van der Waals surface area contributed by atoms with Gasteiger partial charge in [0, 0.05) is 30.4 Å². The molecule has 0 unspecified atom stereocenters. The second kappa shape index (κ2) is 10.4. The smallest absolute Gasteiger partial charge is 0.258 e. The van der Waals surface area contributed by atoms with Crippen LogP contribution in [0.2, 0.25) is 5.02 Å². The van der Waals surface area contributed by atoms with E-state index in [1.165, 1.54) is 0 Å². The lowest BCUT2D eigenvalue weighted by molar-refractivity contribution is -0.123. The maximum absolute atomic E-state index is 11.9. The second-order valence-electron chi connectivity index (χ2n) is 6.55.